The Hall–Kier alpha value is -4.37. The van der Waals surface area contributed by atoms with Gasteiger partial charge in [0, 0.05) is 41.0 Å². The van der Waals surface area contributed by atoms with Crippen LogP contribution < -0.4 is 10.2 Å². The molecule has 2 aromatic carbocycles. The van der Waals surface area contributed by atoms with Gasteiger partial charge in [-0.2, -0.15) is 4.31 Å². The van der Waals surface area contributed by atoms with Gasteiger partial charge < -0.3 is 4.74 Å². The van der Waals surface area contributed by atoms with Gasteiger partial charge in [-0.3, -0.25) is 19.5 Å². The minimum Gasteiger partial charge on any atom is -0.463 e. The highest BCUT2D eigenvalue weighted by Crippen LogP contribution is 2.45. The number of nitrogens with one attached hydrogen (secondary N) is 1. The molecule has 2 amide bonds. The Morgan fingerprint density at radius 3 is 2.47 bits per heavy atom. The van der Waals surface area contributed by atoms with E-state index in [4.69, 9.17) is 27.9 Å². The van der Waals surface area contributed by atoms with E-state index >= 15 is 0 Å². The third-order valence-corrected chi connectivity index (χ3v) is 10.8. The first-order chi connectivity index (χ1) is 22.6. The van der Waals surface area contributed by atoms with Crippen molar-refractivity contribution in [1.82, 2.24) is 29.1 Å². The molecule has 3 aliphatic heterocycles. The average Bonchev–Trinajstić information content (AvgIpc) is 3.85. The first-order valence-electron chi connectivity index (χ1n) is 14.8. The molecule has 2 atom stereocenters. The van der Waals surface area contributed by atoms with Crippen LogP contribution in [0.3, 0.4) is 0 Å². The molecule has 47 heavy (non-hydrogen) atoms. The summed E-state index contributed by atoms with van der Waals surface area (Å²) in [5.74, 6) is -0.879. The van der Waals surface area contributed by atoms with Crippen molar-refractivity contribution >= 4 is 62.7 Å². The zero-order chi connectivity index (χ0) is 32.9. The molecule has 3 aliphatic rings. The fourth-order valence-corrected chi connectivity index (χ4v) is 8.64. The van der Waals surface area contributed by atoms with Crippen LogP contribution in [0.25, 0.3) is 11.1 Å². The fourth-order valence-electron chi connectivity index (χ4n) is 6.28. The molecule has 16 heteroatoms. The molecule has 0 unspecified atom stereocenters. The second kappa shape index (κ2) is 12.0. The molecular weight excluding hydrogens is 667 g/mol. The first kappa shape index (κ1) is 31.2. The quantitative estimate of drug-likeness (QED) is 0.306. The molecule has 4 aromatic rings. The molecule has 242 valence electrons. The van der Waals surface area contributed by atoms with Crippen molar-refractivity contribution in [1.29, 1.82) is 0 Å². The fraction of sp³-hybridized carbons (Fsp3) is 0.290. The SMILES string of the molecule is C[C@@]1(Cc2ccc(-c3cncnc3)cc2)C(=O)N(c2cc(Cl)cc(Cl)c2)c2ncc(S(=O)(=O)N3CCC[C@H]3C(=O)NC3=NCCO3)n21. The van der Waals surface area contributed by atoms with E-state index in [2.05, 4.69) is 25.3 Å². The summed E-state index contributed by atoms with van der Waals surface area (Å²) in [6, 6.07) is 11.3. The highest BCUT2D eigenvalue weighted by molar-refractivity contribution is 7.89. The molecule has 1 saturated heterocycles. The summed E-state index contributed by atoms with van der Waals surface area (Å²) >= 11 is 12.6. The lowest BCUT2D eigenvalue weighted by molar-refractivity contribution is -0.124. The highest BCUT2D eigenvalue weighted by atomic mass is 35.5. The molecular formula is C31H28Cl2N8O5S. The van der Waals surface area contributed by atoms with E-state index in [1.165, 1.54) is 28.1 Å². The maximum atomic E-state index is 14.5. The highest BCUT2D eigenvalue weighted by Gasteiger charge is 2.53. The van der Waals surface area contributed by atoms with Crippen LogP contribution in [-0.2, 0) is 36.3 Å². The lowest BCUT2D eigenvalue weighted by Gasteiger charge is -2.29. The van der Waals surface area contributed by atoms with Crippen LogP contribution in [0.1, 0.15) is 25.3 Å². The van der Waals surface area contributed by atoms with Crippen LogP contribution in [0.2, 0.25) is 10.0 Å². The minimum atomic E-state index is -4.35. The number of nitrogens with zero attached hydrogens (tertiary/aromatic N) is 7. The lowest BCUT2D eigenvalue weighted by Crippen LogP contribution is -2.48. The zero-order valence-electron chi connectivity index (χ0n) is 25.0. The Labute approximate surface area is 280 Å². The number of benzene rings is 2. The van der Waals surface area contributed by atoms with Crippen molar-refractivity contribution in [3.05, 3.63) is 83.0 Å². The van der Waals surface area contributed by atoms with E-state index in [0.717, 1.165) is 21.0 Å². The minimum absolute atomic E-state index is 0.0734. The molecule has 0 bridgehead atoms. The number of anilines is 2. The first-order valence-corrected chi connectivity index (χ1v) is 17.0. The Kier molecular flexibility index (Phi) is 7.99. The number of ether oxygens (including phenoxy) is 1. The number of aromatic nitrogens is 4. The summed E-state index contributed by atoms with van der Waals surface area (Å²) in [4.78, 5) is 45.7. The third kappa shape index (κ3) is 5.54. The summed E-state index contributed by atoms with van der Waals surface area (Å²) in [6.07, 6.45) is 6.97. The Bertz CT molecular complexity index is 2000. The number of aliphatic imine (C=N–C) groups is 1. The van der Waals surface area contributed by atoms with Crippen LogP contribution in [0.15, 0.2) is 77.4 Å². The average molecular weight is 696 g/mol. The summed E-state index contributed by atoms with van der Waals surface area (Å²) in [5.41, 5.74) is 1.36. The van der Waals surface area contributed by atoms with Gasteiger partial charge in [0.1, 0.15) is 24.5 Å². The monoisotopic (exact) mass is 694 g/mol. The zero-order valence-corrected chi connectivity index (χ0v) is 27.3. The van der Waals surface area contributed by atoms with Crippen LogP contribution in [0.4, 0.5) is 11.6 Å². The molecule has 1 N–H and O–H groups in total. The number of imidazole rings is 1. The van der Waals surface area contributed by atoms with E-state index in [1.54, 1.807) is 31.5 Å². The maximum Gasteiger partial charge on any atom is 0.291 e. The van der Waals surface area contributed by atoms with E-state index in [9.17, 15) is 18.0 Å². The predicted molar refractivity (Wildman–Crippen MR) is 174 cm³/mol. The van der Waals surface area contributed by atoms with Crippen molar-refractivity contribution < 1.29 is 22.7 Å². The van der Waals surface area contributed by atoms with Gasteiger partial charge in [-0.15, -0.1) is 0 Å². The van der Waals surface area contributed by atoms with Gasteiger partial charge in [-0.05, 0) is 49.1 Å². The summed E-state index contributed by atoms with van der Waals surface area (Å²) in [5, 5.41) is 2.97. The number of carbonyl (C=O) groups is 2. The van der Waals surface area contributed by atoms with Crippen LogP contribution >= 0.6 is 23.2 Å². The molecule has 5 heterocycles. The maximum absolute atomic E-state index is 14.5. The van der Waals surface area contributed by atoms with Gasteiger partial charge in [0.15, 0.2) is 5.03 Å². The molecule has 0 radical (unpaired) electrons. The van der Waals surface area contributed by atoms with Crippen molar-refractivity contribution in [3.63, 3.8) is 0 Å². The van der Waals surface area contributed by atoms with Crippen molar-refractivity contribution in [3.8, 4) is 11.1 Å². The second-order valence-corrected chi connectivity index (χ2v) is 14.3. The number of sulfonamides is 1. The number of hydrogen-bond acceptors (Lipinski definition) is 9. The van der Waals surface area contributed by atoms with E-state index in [1.807, 2.05) is 24.3 Å². The van der Waals surface area contributed by atoms with Crippen LogP contribution in [-0.4, -0.2) is 75.8 Å². The van der Waals surface area contributed by atoms with Gasteiger partial charge in [-0.25, -0.2) is 33.3 Å². The number of carbonyl (C=O) groups excluding carboxylic acids is 2. The summed E-state index contributed by atoms with van der Waals surface area (Å²) in [6.45, 7) is 2.54. The Morgan fingerprint density at radius 1 is 1.06 bits per heavy atom. The lowest BCUT2D eigenvalue weighted by atomic mass is 9.91. The number of amides is 2. The van der Waals surface area contributed by atoms with Gasteiger partial charge in [0.25, 0.3) is 22.0 Å². The van der Waals surface area contributed by atoms with Gasteiger partial charge in [-0.1, -0.05) is 47.5 Å². The van der Waals surface area contributed by atoms with E-state index in [-0.39, 0.29) is 30.0 Å². The van der Waals surface area contributed by atoms with Gasteiger partial charge in [0.05, 0.1) is 18.4 Å². The van der Waals surface area contributed by atoms with Crippen LogP contribution in [0, 0.1) is 0 Å². The van der Waals surface area contributed by atoms with Crippen LogP contribution in [0.5, 0.6) is 0 Å². The van der Waals surface area contributed by atoms with Gasteiger partial charge in [0.2, 0.25) is 11.9 Å². The number of amidine groups is 1. The molecule has 0 saturated carbocycles. The molecule has 0 aliphatic carbocycles. The van der Waals surface area contributed by atoms with Gasteiger partial charge >= 0.3 is 0 Å². The number of hydrogen-bond donors (Lipinski definition) is 1. The normalized spacial score (nSPS) is 21.1. The molecule has 1 fully saturated rings. The van der Waals surface area contributed by atoms with E-state index in [0.29, 0.717) is 41.7 Å². The standard InChI is InChI=1S/C31H28Cl2N8O5S/c1-31(14-19-4-6-20(7-5-19)21-15-34-18-35-16-21)28(43)40(24-12-22(32)11-23(33)13-24)30-37-17-26(41(30)31)47(44,45)39-9-2-3-25(39)27(42)38-29-36-8-10-46-29/h4-7,11-13,15-18,25H,2-3,8-10,14H2,1H3,(H,36,38,42)/t25-,31+/m0/s1. The van der Waals surface area contributed by atoms with Crippen molar-refractivity contribution in [2.75, 3.05) is 24.6 Å². The predicted octanol–water partition coefficient (Wildman–Crippen LogP) is 3.94. The van der Waals surface area contributed by atoms with E-state index < -0.39 is 33.4 Å². The second-order valence-electron chi connectivity index (χ2n) is 11.6. The number of rotatable bonds is 7. The van der Waals surface area contributed by atoms with Crippen molar-refractivity contribution in [2.24, 2.45) is 4.99 Å². The summed E-state index contributed by atoms with van der Waals surface area (Å²) in [7, 11) is -4.35. The number of fused-ring (bicyclic) bond motifs is 1. The molecule has 0 spiro atoms. The topological polar surface area (TPSA) is 152 Å². The smallest absolute Gasteiger partial charge is 0.291 e. The molecule has 13 nitrogen and oxygen atoms in total. The number of halogens is 2. The molecule has 2 aromatic heterocycles. The summed E-state index contributed by atoms with van der Waals surface area (Å²) < 4.78 is 36.8. The Balaban J connectivity index is 1.29. The largest absolute Gasteiger partial charge is 0.463 e. The van der Waals surface area contributed by atoms with Crippen molar-refractivity contribution in [2.45, 2.75) is 42.8 Å². The Morgan fingerprint density at radius 2 is 1.79 bits per heavy atom. The molecule has 7 rings (SSSR count). The third-order valence-electron chi connectivity index (χ3n) is 8.46.